The van der Waals surface area contributed by atoms with Crippen LogP contribution < -0.4 is 10.1 Å². The van der Waals surface area contributed by atoms with Crippen LogP contribution in [-0.4, -0.2) is 23.6 Å². The molecule has 0 atom stereocenters. The third-order valence-electron chi connectivity index (χ3n) is 3.35. The van der Waals surface area contributed by atoms with Gasteiger partial charge in [0, 0.05) is 11.4 Å². The first-order chi connectivity index (χ1) is 10.7. The first-order valence-electron chi connectivity index (χ1n) is 6.96. The minimum atomic E-state index is 0.279. The van der Waals surface area contributed by atoms with Crippen LogP contribution in [-0.2, 0) is 6.42 Å². The molecule has 0 saturated carbocycles. The van der Waals surface area contributed by atoms with Gasteiger partial charge in [0.05, 0.1) is 12.5 Å². The summed E-state index contributed by atoms with van der Waals surface area (Å²) in [4.78, 5) is 10.7. The molecule has 0 aliphatic carbocycles. The maximum absolute atomic E-state index is 5.99. The number of nitrogens with zero attached hydrogens (tertiary/aromatic N) is 2. The highest BCUT2D eigenvalue weighted by molar-refractivity contribution is 7.18. The van der Waals surface area contributed by atoms with Gasteiger partial charge in [0.25, 0.3) is 0 Å². The van der Waals surface area contributed by atoms with Gasteiger partial charge in [0.2, 0.25) is 5.28 Å². The van der Waals surface area contributed by atoms with Crippen molar-refractivity contribution < 1.29 is 4.74 Å². The van der Waals surface area contributed by atoms with Gasteiger partial charge in [-0.1, -0.05) is 12.1 Å². The van der Waals surface area contributed by atoms with Gasteiger partial charge >= 0.3 is 0 Å². The zero-order valence-electron chi connectivity index (χ0n) is 12.4. The van der Waals surface area contributed by atoms with Gasteiger partial charge in [-0.2, -0.15) is 0 Å². The van der Waals surface area contributed by atoms with Crippen LogP contribution in [0, 0.1) is 6.92 Å². The van der Waals surface area contributed by atoms with Crippen LogP contribution in [0.1, 0.15) is 10.4 Å². The Kier molecular flexibility index (Phi) is 4.45. The lowest BCUT2D eigenvalue weighted by atomic mass is 10.1. The Morgan fingerprint density at radius 1 is 1.23 bits per heavy atom. The van der Waals surface area contributed by atoms with Gasteiger partial charge in [-0.3, -0.25) is 0 Å². The van der Waals surface area contributed by atoms with Crippen molar-refractivity contribution in [1.82, 2.24) is 9.97 Å². The molecule has 0 unspecified atom stereocenters. The van der Waals surface area contributed by atoms with Crippen molar-refractivity contribution in [3.05, 3.63) is 46.1 Å². The average Bonchev–Trinajstić information content (AvgIpc) is 2.88. The zero-order chi connectivity index (χ0) is 15.5. The highest BCUT2D eigenvalue weighted by atomic mass is 35.5. The monoisotopic (exact) mass is 333 g/mol. The van der Waals surface area contributed by atoms with Crippen molar-refractivity contribution in [2.75, 3.05) is 19.0 Å². The molecule has 0 bridgehead atoms. The number of benzene rings is 1. The summed E-state index contributed by atoms with van der Waals surface area (Å²) in [5, 5.41) is 4.67. The van der Waals surface area contributed by atoms with Crippen molar-refractivity contribution in [1.29, 1.82) is 0 Å². The normalized spacial score (nSPS) is 10.9. The molecular weight excluding hydrogens is 318 g/mol. The molecule has 22 heavy (non-hydrogen) atoms. The summed E-state index contributed by atoms with van der Waals surface area (Å²) >= 11 is 7.62. The molecule has 0 radical (unpaired) electrons. The van der Waals surface area contributed by atoms with Crippen LogP contribution in [0.15, 0.2) is 30.3 Å². The smallest absolute Gasteiger partial charge is 0.225 e. The summed E-state index contributed by atoms with van der Waals surface area (Å²) in [5.74, 6) is 1.67. The predicted octanol–water partition coefficient (Wildman–Crippen LogP) is 4.32. The van der Waals surface area contributed by atoms with E-state index in [0.29, 0.717) is 0 Å². The quantitative estimate of drug-likeness (QED) is 0.706. The molecule has 114 valence electrons. The lowest BCUT2D eigenvalue weighted by Crippen LogP contribution is -2.07. The summed E-state index contributed by atoms with van der Waals surface area (Å²) in [5.41, 5.74) is 1.24. The van der Waals surface area contributed by atoms with Crippen LogP contribution in [0.2, 0.25) is 5.28 Å². The second-order valence-corrected chi connectivity index (χ2v) is 6.51. The van der Waals surface area contributed by atoms with Gasteiger partial charge < -0.3 is 10.1 Å². The van der Waals surface area contributed by atoms with E-state index in [0.717, 1.165) is 34.7 Å². The minimum absolute atomic E-state index is 0.279. The Hall–Kier alpha value is -1.85. The van der Waals surface area contributed by atoms with Crippen LogP contribution in [0.5, 0.6) is 5.75 Å². The standard InChI is InChI=1S/C16H16ClN3OS/c1-10-9-13-14(19-16(17)20-15(13)22-10)18-8-7-11-3-5-12(21-2)6-4-11/h3-6,9H,7-8H2,1-2H3,(H,18,19,20). The molecule has 3 rings (SSSR count). The first-order valence-corrected chi connectivity index (χ1v) is 8.15. The molecular formula is C16H16ClN3OS. The zero-order valence-corrected chi connectivity index (χ0v) is 14.0. The molecule has 0 aliphatic heterocycles. The van der Waals surface area contributed by atoms with E-state index in [9.17, 15) is 0 Å². The van der Waals surface area contributed by atoms with E-state index >= 15 is 0 Å². The van der Waals surface area contributed by atoms with E-state index in [4.69, 9.17) is 16.3 Å². The van der Waals surface area contributed by atoms with E-state index in [-0.39, 0.29) is 5.28 Å². The van der Waals surface area contributed by atoms with Gasteiger partial charge in [0.1, 0.15) is 16.4 Å². The van der Waals surface area contributed by atoms with Crippen molar-refractivity contribution in [3.63, 3.8) is 0 Å². The summed E-state index contributed by atoms with van der Waals surface area (Å²) < 4.78 is 5.16. The number of thiophene rings is 1. The van der Waals surface area contributed by atoms with Crippen LogP contribution in [0.4, 0.5) is 5.82 Å². The summed E-state index contributed by atoms with van der Waals surface area (Å²) in [6.07, 6.45) is 0.899. The number of hydrogen-bond donors (Lipinski definition) is 1. The maximum atomic E-state index is 5.99. The number of nitrogens with one attached hydrogen (secondary N) is 1. The second-order valence-electron chi connectivity index (χ2n) is 4.94. The van der Waals surface area contributed by atoms with Crippen LogP contribution in [0.25, 0.3) is 10.2 Å². The number of aryl methyl sites for hydroxylation is 1. The number of hydrogen-bond acceptors (Lipinski definition) is 5. The number of fused-ring (bicyclic) bond motifs is 1. The van der Waals surface area contributed by atoms with E-state index in [1.54, 1.807) is 18.4 Å². The fourth-order valence-electron chi connectivity index (χ4n) is 2.27. The number of ether oxygens (including phenoxy) is 1. The highest BCUT2D eigenvalue weighted by Gasteiger charge is 2.09. The summed E-state index contributed by atoms with van der Waals surface area (Å²) in [6, 6.07) is 10.2. The van der Waals surface area contributed by atoms with Crippen molar-refractivity contribution in [2.45, 2.75) is 13.3 Å². The molecule has 6 heteroatoms. The van der Waals surface area contributed by atoms with Crippen LogP contribution >= 0.6 is 22.9 Å². The average molecular weight is 334 g/mol. The minimum Gasteiger partial charge on any atom is -0.497 e. The number of rotatable bonds is 5. The van der Waals surface area contributed by atoms with Gasteiger partial charge in [-0.15, -0.1) is 11.3 Å². The number of halogens is 1. The van der Waals surface area contributed by atoms with Crippen molar-refractivity contribution in [2.24, 2.45) is 0 Å². The Morgan fingerprint density at radius 3 is 2.73 bits per heavy atom. The Bertz CT molecular complexity index is 786. The second kappa shape index (κ2) is 6.50. The molecule has 1 N–H and O–H groups in total. The highest BCUT2D eigenvalue weighted by Crippen LogP contribution is 2.29. The van der Waals surface area contributed by atoms with Crippen molar-refractivity contribution in [3.8, 4) is 5.75 Å². The molecule has 4 nitrogen and oxygen atoms in total. The largest absolute Gasteiger partial charge is 0.497 e. The van der Waals surface area contributed by atoms with Crippen molar-refractivity contribution >= 4 is 39.0 Å². The molecule has 1 aromatic carbocycles. The Morgan fingerprint density at radius 2 is 2.00 bits per heavy atom. The first kappa shape index (κ1) is 15.1. The van der Waals surface area contributed by atoms with E-state index < -0.39 is 0 Å². The molecule has 0 aliphatic rings. The fraction of sp³-hybridized carbons (Fsp3) is 0.250. The summed E-state index contributed by atoms with van der Waals surface area (Å²) in [7, 11) is 1.67. The van der Waals surface area contributed by atoms with Gasteiger partial charge in [0.15, 0.2) is 0 Å². The third-order valence-corrected chi connectivity index (χ3v) is 4.47. The Labute approximate surface area is 138 Å². The molecule has 0 spiro atoms. The number of aromatic nitrogens is 2. The lowest BCUT2D eigenvalue weighted by Gasteiger charge is -2.07. The topological polar surface area (TPSA) is 47.0 Å². The van der Waals surface area contributed by atoms with Gasteiger partial charge in [-0.05, 0) is 48.7 Å². The van der Waals surface area contributed by atoms with Crippen LogP contribution in [0.3, 0.4) is 0 Å². The third kappa shape index (κ3) is 3.31. The molecule has 2 heterocycles. The SMILES string of the molecule is COc1ccc(CCNc2nc(Cl)nc3sc(C)cc23)cc1. The Balaban J connectivity index is 1.70. The molecule has 0 fully saturated rings. The maximum Gasteiger partial charge on any atom is 0.225 e. The predicted molar refractivity (Wildman–Crippen MR) is 92.3 cm³/mol. The van der Waals surface area contributed by atoms with E-state index in [1.165, 1.54) is 10.4 Å². The lowest BCUT2D eigenvalue weighted by molar-refractivity contribution is 0.414. The molecule has 2 aromatic heterocycles. The molecule has 0 saturated heterocycles. The number of methoxy groups -OCH3 is 1. The van der Waals surface area contributed by atoms with E-state index in [2.05, 4.69) is 40.4 Å². The molecule has 3 aromatic rings. The number of anilines is 1. The van der Waals surface area contributed by atoms with Gasteiger partial charge in [-0.25, -0.2) is 9.97 Å². The fourth-order valence-corrected chi connectivity index (χ4v) is 3.37. The molecule has 0 amide bonds. The van der Waals surface area contributed by atoms with E-state index in [1.807, 2.05) is 12.1 Å². The summed E-state index contributed by atoms with van der Waals surface area (Å²) in [6.45, 7) is 2.84.